The van der Waals surface area contributed by atoms with E-state index >= 15 is 0 Å². The summed E-state index contributed by atoms with van der Waals surface area (Å²) in [5.41, 5.74) is 2.39. The van der Waals surface area contributed by atoms with E-state index in [1.807, 2.05) is 13.0 Å². The third-order valence-corrected chi connectivity index (χ3v) is 6.31. The minimum Gasteiger partial charge on any atom is -0.367 e. The number of nitrogens with zero attached hydrogens (tertiary/aromatic N) is 2. The Kier molecular flexibility index (Phi) is 5.75. The van der Waals surface area contributed by atoms with E-state index in [4.69, 9.17) is 11.6 Å². The van der Waals surface area contributed by atoms with Crippen LogP contribution in [0.2, 0.25) is 5.02 Å². The lowest BCUT2D eigenvalue weighted by molar-refractivity contribution is 0.271. The Morgan fingerprint density at radius 2 is 1.69 bits per heavy atom. The Morgan fingerprint density at radius 3 is 2.31 bits per heavy atom. The molecule has 0 aliphatic carbocycles. The zero-order valence-corrected chi connectivity index (χ0v) is 16.6. The van der Waals surface area contributed by atoms with Crippen molar-refractivity contribution in [2.45, 2.75) is 18.7 Å². The normalized spacial score (nSPS) is 15.9. The molecule has 2 aromatic carbocycles. The molecular weight excluding hydrogens is 370 g/mol. The molecule has 0 unspecified atom stereocenters. The first-order valence-electron chi connectivity index (χ1n) is 8.75. The van der Waals surface area contributed by atoms with Crippen molar-refractivity contribution in [1.82, 2.24) is 4.90 Å². The maximum atomic E-state index is 12.8. The molecule has 0 bridgehead atoms. The Bertz CT molecular complexity index is 861. The highest BCUT2D eigenvalue weighted by molar-refractivity contribution is 7.92. The van der Waals surface area contributed by atoms with Crippen LogP contribution in [-0.4, -0.2) is 46.0 Å². The summed E-state index contributed by atoms with van der Waals surface area (Å²) in [5, 5.41) is 0.502. The fraction of sp³-hybridized carbons (Fsp3) is 0.368. The number of likely N-dealkylation sites (N-methyl/N-ethyl adjacent to an activating group) is 1. The topological polar surface area (TPSA) is 52.6 Å². The van der Waals surface area contributed by atoms with E-state index in [2.05, 4.69) is 21.4 Å². The molecule has 140 valence electrons. The van der Waals surface area contributed by atoms with Gasteiger partial charge in [-0.15, -0.1) is 0 Å². The van der Waals surface area contributed by atoms with Gasteiger partial charge in [-0.2, -0.15) is 0 Å². The molecule has 1 saturated heterocycles. The van der Waals surface area contributed by atoms with Gasteiger partial charge in [-0.25, -0.2) is 8.42 Å². The predicted octanol–water partition coefficient (Wildman–Crippen LogP) is 3.59. The molecular formula is C19H24ClN3O2S. The van der Waals surface area contributed by atoms with Gasteiger partial charge in [-0.05, 0) is 43.8 Å². The minimum atomic E-state index is -3.67. The summed E-state index contributed by atoms with van der Waals surface area (Å²) in [6.45, 7) is 8.74. The average Bonchev–Trinajstić information content (AvgIpc) is 2.62. The summed E-state index contributed by atoms with van der Waals surface area (Å²) in [4.78, 5) is 4.82. The van der Waals surface area contributed by atoms with Gasteiger partial charge in [0.15, 0.2) is 0 Å². The number of halogens is 1. The lowest BCUT2D eigenvalue weighted by atomic mass is 10.2. The maximum Gasteiger partial charge on any atom is 0.261 e. The molecule has 0 saturated carbocycles. The third kappa shape index (κ3) is 4.31. The molecule has 0 spiro atoms. The number of aryl methyl sites for hydroxylation is 1. The van der Waals surface area contributed by atoms with Crippen LogP contribution in [0, 0.1) is 6.92 Å². The van der Waals surface area contributed by atoms with E-state index in [0.717, 1.165) is 44.0 Å². The highest BCUT2D eigenvalue weighted by atomic mass is 35.5. The van der Waals surface area contributed by atoms with E-state index in [-0.39, 0.29) is 4.90 Å². The van der Waals surface area contributed by atoms with Crippen LogP contribution in [0.5, 0.6) is 0 Å². The number of hydrogen-bond donors (Lipinski definition) is 1. The van der Waals surface area contributed by atoms with E-state index in [0.29, 0.717) is 10.7 Å². The smallest absolute Gasteiger partial charge is 0.261 e. The SMILES string of the molecule is CCN1CCN(c2ccc(Cl)cc2NS(=O)(=O)c2ccc(C)cc2)CC1. The van der Waals surface area contributed by atoms with Gasteiger partial charge in [0.2, 0.25) is 0 Å². The minimum absolute atomic E-state index is 0.241. The summed E-state index contributed by atoms with van der Waals surface area (Å²) < 4.78 is 28.3. The number of benzene rings is 2. The molecule has 0 radical (unpaired) electrons. The van der Waals surface area contributed by atoms with Gasteiger partial charge in [-0.3, -0.25) is 4.72 Å². The first kappa shape index (κ1) is 19.0. The van der Waals surface area contributed by atoms with Crippen LogP contribution in [0.4, 0.5) is 11.4 Å². The summed E-state index contributed by atoms with van der Waals surface area (Å²) in [5.74, 6) is 0. The summed E-state index contributed by atoms with van der Waals surface area (Å²) >= 11 is 6.14. The molecule has 26 heavy (non-hydrogen) atoms. The number of nitrogens with one attached hydrogen (secondary N) is 1. The fourth-order valence-electron chi connectivity index (χ4n) is 3.09. The first-order valence-corrected chi connectivity index (χ1v) is 10.6. The predicted molar refractivity (Wildman–Crippen MR) is 108 cm³/mol. The van der Waals surface area contributed by atoms with Crippen molar-refractivity contribution in [3.63, 3.8) is 0 Å². The van der Waals surface area contributed by atoms with Crippen LogP contribution in [0.15, 0.2) is 47.4 Å². The maximum absolute atomic E-state index is 12.8. The number of piperazine rings is 1. The number of hydrogen-bond acceptors (Lipinski definition) is 4. The monoisotopic (exact) mass is 393 g/mol. The zero-order valence-electron chi connectivity index (χ0n) is 15.1. The second kappa shape index (κ2) is 7.86. The summed E-state index contributed by atoms with van der Waals surface area (Å²) in [6.07, 6.45) is 0. The van der Waals surface area contributed by atoms with Gasteiger partial charge in [0.25, 0.3) is 10.0 Å². The Morgan fingerprint density at radius 1 is 1.04 bits per heavy atom. The molecule has 1 aliphatic heterocycles. The summed E-state index contributed by atoms with van der Waals surface area (Å²) in [6, 6.07) is 12.2. The molecule has 5 nitrogen and oxygen atoms in total. The second-order valence-corrected chi connectivity index (χ2v) is 8.62. The molecule has 1 fully saturated rings. The van der Waals surface area contributed by atoms with Gasteiger partial charge >= 0.3 is 0 Å². The van der Waals surface area contributed by atoms with Crippen molar-refractivity contribution in [1.29, 1.82) is 0 Å². The lowest BCUT2D eigenvalue weighted by Crippen LogP contribution is -2.46. The standard InChI is InChI=1S/C19H24ClN3O2S/c1-3-22-10-12-23(13-11-22)19-9-6-16(20)14-18(19)21-26(24,25)17-7-4-15(2)5-8-17/h4-9,14,21H,3,10-13H2,1-2H3. The highest BCUT2D eigenvalue weighted by Crippen LogP contribution is 2.32. The molecule has 1 heterocycles. The number of anilines is 2. The summed E-state index contributed by atoms with van der Waals surface area (Å²) in [7, 11) is -3.67. The fourth-order valence-corrected chi connectivity index (χ4v) is 4.33. The molecule has 2 aromatic rings. The first-order chi connectivity index (χ1) is 12.4. The van der Waals surface area contributed by atoms with Crippen molar-refractivity contribution in [3.8, 4) is 0 Å². The van der Waals surface area contributed by atoms with Crippen molar-refractivity contribution in [3.05, 3.63) is 53.1 Å². The third-order valence-electron chi connectivity index (χ3n) is 4.69. The molecule has 1 N–H and O–H groups in total. The Hall–Kier alpha value is -1.76. The molecule has 0 amide bonds. The molecule has 3 rings (SSSR count). The highest BCUT2D eigenvalue weighted by Gasteiger charge is 2.21. The zero-order chi connectivity index (χ0) is 18.7. The lowest BCUT2D eigenvalue weighted by Gasteiger charge is -2.36. The van der Waals surface area contributed by atoms with Crippen LogP contribution >= 0.6 is 11.6 Å². The van der Waals surface area contributed by atoms with Gasteiger partial charge in [0, 0.05) is 31.2 Å². The van der Waals surface area contributed by atoms with Crippen molar-refractivity contribution in [2.24, 2.45) is 0 Å². The van der Waals surface area contributed by atoms with Gasteiger partial charge < -0.3 is 9.80 Å². The average molecular weight is 394 g/mol. The van der Waals surface area contributed by atoms with Gasteiger partial charge in [0.05, 0.1) is 16.3 Å². The van der Waals surface area contributed by atoms with Crippen LogP contribution in [-0.2, 0) is 10.0 Å². The Labute approximate surface area is 160 Å². The van der Waals surface area contributed by atoms with Crippen molar-refractivity contribution in [2.75, 3.05) is 42.3 Å². The van der Waals surface area contributed by atoms with E-state index < -0.39 is 10.0 Å². The number of rotatable bonds is 5. The molecule has 0 atom stereocenters. The second-order valence-electron chi connectivity index (χ2n) is 6.50. The quantitative estimate of drug-likeness (QED) is 0.843. The van der Waals surface area contributed by atoms with Crippen LogP contribution < -0.4 is 9.62 Å². The van der Waals surface area contributed by atoms with Crippen molar-refractivity contribution < 1.29 is 8.42 Å². The van der Waals surface area contributed by atoms with Crippen LogP contribution in [0.25, 0.3) is 0 Å². The van der Waals surface area contributed by atoms with E-state index in [1.165, 1.54) is 0 Å². The van der Waals surface area contributed by atoms with Crippen LogP contribution in [0.3, 0.4) is 0 Å². The van der Waals surface area contributed by atoms with E-state index in [9.17, 15) is 8.42 Å². The van der Waals surface area contributed by atoms with E-state index in [1.54, 1.807) is 36.4 Å². The number of sulfonamides is 1. The van der Waals surface area contributed by atoms with Gasteiger partial charge in [0.1, 0.15) is 0 Å². The van der Waals surface area contributed by atoms with Gasteiger partial charge in [-0.1, -0.05) is 36.2 Å². The van der Waals surface area contributed by atoms with Crippen molar-refractivity contribution >= 4 is 33.0 Å². The molecule has 7 heteroatoms. The van der Waals surface area contributed by atoms with Crippen LogP contribution in [0.1, 0.15) is 12.5 Å². The Balaban J connectivity index is 1.87. The molecule has 0 aromatic heterocycles. The molecule has 1 aliphatic rings. The largest absolute Gasteiger partial charge is 0.367 e.